The summed E-state index contributed by atoms with van der Waals surface area (Å²) in [6.45, 7) is 0. The van der Waals surface area contributed by atoms with Gasteiger partial charge in [-0.3, -0.25) is 4.98 Å². The van der Waals surface area contributed by atoms with Crippen molar-refractivity contribution in [1.82, 2.24) is 4.98 Å². The van der Waals surface area contributed by atoms with Crippen molar-refractivity contribution in [2.24, 2.45) is 5.73 Å². The van der Waals surface area contributed by atoms with Crippen LogP contribution in [-0.2, 0) is 0 Å². The molecule has 0 saturated heterocycles. The molecule has 4 nitrogen and oxygen atoms in total. The third-order valence-corrected chi connectivity index (χ3v) is 2.81. The van der Waals surface area contributed by atoms with Gasteiger partial charge in [0.2, 0.25) is 0 Å². The van der Waals surface area contributed by atoms with E-state index in [2.05, 4.69) is 11.1 Å². The largest absolute Gasteiger partial charge is 0.494 e. The van der Waals surface area contributed by atoms with Gasteiger partial charge in [-0.25, -0.2) is 4.39 Å². The molecular weight excluding hydrogens is 257 g/mol. The van der Waals surface area contributed by atoms with Crippen molar-refractivity contribution >= 4 is 11.3 Å². The van der Waals surface area contributed by atoms with Gasteiger partial charge in [0.1, 0.15) is 6.07 Å². The lowest BCUT2D eigenvalue weighted by Crippen LogP contribution is -2.02. The molecular formula is C15H12FN3O. The number of hydrogen-bond donors (Lipinski definition) is 1. The Morgan fingerprint density at radius 3 is 2.55 bits per heavy atom. The minimum Gasteiger partial charge on any atom is -0.494 e. The molecule has 0 amide bonds. The van der Waals surface area contributed by atoms with Gasteiger partial charge in [0.15, 0.2) is 11.6 Å². The average Bonchev–Trinajstić information content (AvgIpc) is 2.49. The lowest BCUT2D eigenvalue weighted by Gasteiger charge is -2.08. The van der Waals surface area contributed by atoms with Gasteiger partial charge in [0, 0.05) is 18.0 Å². The molecule has 2 N–H and O–H groups in total. The number of pyridine rings is 1. The number of halogens is 1. The van der Waals surface area contributed by atoms with E-state index in [1.807, 2.05) is 0 Å². The zero-order valence-electron chi connectivity index (χ0n) is 10.8. The number of benzene rings is 1. The minimum atomic E-state index is -0.480. The van der Waals surface area contributed by atoms with E-state index in [-0.39, 0.29) is 11.4 Å². The second-order valence-corrected chi connectivity index (χ2v) is 3.99. The molecule has 0 atom stereocenters. The zero-order chi connectivity index (χ0) is 14.5. The van der Waals surface area contributed by atoms with Crippen LogP contribution in [0.2, 0.25) is 0 Å². The number of ether oxygens (including phenoxy) is 1. The minimum absolute atomic E-state index is 0.0810. The summed E-state index contributed by atoms with van der Waals surface area (Å²) in [5.74, 6) is -0.399. The van der Waals surface area contributed by atoms with Crippen LogP contribution in [-0.4, -0.2) is 12.1 Å². The Kier molecular flexibility index (Phi) is 3.96. The molecule has 5 heteroatoms. The van der Waals surface area contributed by atoms with Crippen molar-refractivity contribution in [2.75, 3.05) is 7.11 Å². The van der Waals surface area contributed by atoms with Gasteiger partial charge in [-0.05, 0) is 35.9 Å². The maximum absolute atomic E-state index is 13.4. The molecule has 0 radical (unpaired) electrons. The second kappa shape index (κ2) is 5.85. The van der Waals surface area contributed by atoms with Gasteiger partial charge in [-0.1, -0.05) is 0 Å². The van der Waals surface area contributed by atoms with E-state index in [1.165, 1.54) is 25.3 Å². The van der Waals surface area contributed by atoms with Crippen LogP contribution in [0.1, 0.15) is 11.1 Å². The second-order valence-electron chi connectivity index (χ2n) is 3.99. The number of nitrogens with two attached hydrogens (primary N) is 1. The van der Waals surface area contributed by atoms with Gasteiger partial charge < -0.3 is 10.5 Å². The Hall–Kier alpha value is -2.87. The molecule has 1 aromatic carbocycles. The summed E-state index contributed by atoms with van der Waals surface area (Å²) in [6, 6.07) is 9.65. The van der Waals surface area contributed by atoms with Crippen LogP contribution in [0.15, 0.2) is 42.7 Å². The predicted molar refractivity (Wildman–Crippen MR) is 73.8 cm³/mol. The quantitative estimate of drug-likeness (QED) is 0.869. The molecule has 0 unspecified atom stereocenters. The van der Waals surface area contributed by atoms with Crippen molar-refractivity contribution in [3.05, 3.63) is 59.7 Å². The summed E-state index contributed by atoms with van der Waals surface area (Å²) in [4.78, 5) is 3.89. The first-order chi connectivity index (χ1) is 9.67. The summed E-state index contributed by atoms with van der Waals surface area (Å²) < 4.78 is 18.3. The van der Waals surface area contributed by atoms with Gasteiger partial charge >= 0.3 is 0 Å². The van der Waals surface area contributed by atoms with Crippen LogP contribution in [0, 0.1) is 17.1 Å². The molecule has 1 heterocycles. The number of nitrogens with zero attached hydrogens (tertiary/aromatic N) is 2. The first kappa shape index (κ1) is 13.6. The fourth-order valence-electron chi connectivity index (χ4n) is 1.77. The van der Waals surface area contributed by atoms with Gasteiger partial charge in [0.05, 0.1) is 18.4 Å². The summed E-state index contributed by atoms with van der Waals surface area (Å²) in [6.07, 6.45) is 3.15. The van der Waals surface area contributed by atoms with E-state index < -0.39 is 5.82 Å². The highest BCUT2D eigenvalue weighted by Crippen LogP contribution is 2.26. The van der Waals surface area contributed by atoms with Crippen LogP contribution in [0.25, 0.3) is 11.3 Å². The lowest BCUT2D eigenvalue weighted by atomic mass is 10.0. The zero-order valence-corrected chi connectivity index (χ0v) is 10.8. The Balaban J connectivity index is 2.55. The fraction of sp³-hybridized carbons (Fsp3) is 0.0667. The Morgan fingerprint density at radius 2 is 1.95 bits per heavy atom. The van der Waals surface area contributed by atoms with E-state index in [9.17, 15) is 9.65 Å². The molecule has 20 heavy (non-hydrogen) atoms. The molecule has 0 aliphatic carbocycles. The van der Waals surface area contributed by atoms with E-state index in [1.54, 1.807) is 24.5 Å². The van der Waals surface area contributed by atoms with Gasteiger partial charge in [-0.15, -0.1) is 0 Å². The molecule has 0 aliphatic heterocycles. The smallest absolute Gasteiger partial charge is 0.165 e. The number of nitriles is 1. The predicted octanol–water partition coefficient (Wildman–Crippen LogP) is 2.58. The van der Waals surface area contributed by atoms with Crippen LogP contribution >= 0.6 is 0 Å². The van der Waals surface area contributed by atoms with Crippen LogP contribution in [0.5, 0.6) is 5.75 Å². The number of allylic oxidation sites excluding steroid dienone is 1. The molecule has 1 aromatic heterocycles. The van der Waals surface area contributed by atoms with E-state index in [0.29, 0.717) is 16.7 Å². The van der Waals surface area contributed by atoms with Crippen molar-refractivity contribution in [3.63, 3.8) is 0 Å². The van der Waals surface area contributed by atoms with Crippen LogP contribution < -0.4 is 10.5 Å². The molecule has 0 fully saturated rings. The van der Waals surface area contributed by atoms with Crippen molar-refractivity contribution in [2.45, 2.75) is 0 Å². The summed E-state index contributed by atoms with van der Waals surface area (Å²) in [5, 5.41) is 9.28. The molecule has 0 aliphatic rings. The molecule has 0 saturated carbocycles. The Labute approximate surface area is 115 Å². The van der Waals surface area contributed by atoms with Crippen molar-refractivity contribution in [1.29, 1.82) is 5.26 Å². The first-order valence-electron chi connectivity index (χ1n) is 5.81. The number of rotatable bonds is 3. The third-order valence-electron chi connectivity index (χ3n) is 2.81. The summed E-state index contributed by atoms with van der Waals surface area (Å²) >= 11 is 0. The van der Waals surface area contributed by atoms with Crippen molar-refractivity contribution < 1.29 is 9.13 Å². The molecule has 2 rings (SSSR count). The fourth-order valence-corrected chi connectivity index (χ4v) is 1.77. The summed E-state index contributed by atoms with van der Waals surface area (Å²) in [7, 11) is 1.37. The normalized spacial score (nSPS) is 11.4. The maximum Gasteiger partial charge on any atom is 0.165 e. The molecule has 2 aromatic rings. The molecule has 0 bridgehead atoms. The van der Waals surface area contributed by atoms with Crippen LogP contribution in [0.4, 0.5) is 4.39 Å². The highest BCUT2D eigenvalue weighted by atomic mass is 19.1. The van der Waals surface area contributed by atoms with E-state index in [0.717, 1.165) is 0 Å². The number of aromatic nitrogens is 1. The summed E-state index contributed by atoms with van der Waals surface area (Å²) in [5.41, 5.74) is 7.76. The standard InChI is InChI=1S/C15H12FN3O/c1-20-14-8-11(2-3-13(14)16)15(18)12(9-17)10-4-6-19-7-5-10/h2-8H,18H2,1H3/b15-12+. The van der Waals surface area contributed by atoms with Crippen LogP contribution in [0.3, 0.4) is 0 Å². The van der Waals surface area contributed by atoms with Crippen molar-refractivity contribution in [3.8, 4) is 11.8 Å². The molecule has 0 spiro atoms. The number of methoxy groups -OCH3 is 1. The highest BCUT2D eigenvalue weighted by Gasteiger charge is 2.11. The number of hydrogen-bond acceptors (Lipinski definition) is 4. The SMILES string of the molecule is COc1cc(/C(N)=C(/C#N)c2ccncc2)ccc1F. The highest BCUT2D eigenvalue weighted by molar-refractivity contribution is 5.96. The van der Waals surface area contributed by atoms with Gasteiger partial charge in [-0.2, -0.15) is 5.26 Å². The van der Waals surface area contributed by atoms with Gasteiger partial charge in [0.25, 0.3) is 0 Å². The third kappa shape index (κ3) is 2.59. The lowest BCUT2D eigenvalue weighted by molar-refractivity contribution is 0.386. The van der Waals surface area contributed by atoms with E-state index in [4.69, 9.17) is 10.5 Å². The molecule has 100 valence electrons. The Morgan fingerprint density at radius 1 is 1.25 bits per heavy atom. The first-order valence-corrected chi connectivity index (χ1v) is 5.81. The topological polar surface area (TPSA) is 71.9 Å². The maximum atomic E-state index is 13.4. The monoisotopic (exact) mass is 269 g/mol. The van der Waals surface area contributed by atoms with E-state index >= 15 is 0 Å². The Bertz CT molecular complexity index is 690. The average molecular weight is 269 g/mol.